The summed E-state index contributed by atoms with van der Waals surface area (Å²) >= 11 is 7.29. The quantitative estimate of drug-likeness (QED) is 0.559. The van der Waals surface area contributed by atoms with Gasteiger partial charge in [0.1, 0.15) is 29.1 Å². The Labute approximate surface area is 161 Å². The molecule has 0 radical (unpaired) electrons. The van der Waals surface area contributed by atoms with E-state index in [0.717, 1.165) is 22.8 Å². The minimum Gasteiger partial charge on any atom is -0.488 e. The first-order valence-corrected chi connectivity index (χ1v) is 8.80. The molecule has 0 aliphatic carbocycles. The number of hydrogen-bond donors (Lipinski definition) is 0. The zero-order valence-corrected chi connectivity index (χ0v) is 15.4. The van der Waals surface area contributed by atoms with Crippen LogP contribution < -0.4 is 4.74 Å². The van der Waals surface area contributed by atoms with Crippen molar-refractivity contribution in [3.05, 3.63) is 63.4 Å². The Morgan fingerprint density at radius 2 is 2.04 bits per heavy atom. The second-order valence-corrected chi connectivity index (χ2v) is 6.99. The number of rotatable bonds is 4. The summed E-state index contributed by atoms with van der Waals surface area (Å²) in [4.78, 5) is 8.66. The fraction of sp³-hybridized carbons (Fsp3) is 0.167. The Morgan fingerprint density at radius 3 is 2.63 bits per heavy atom. The van der Waals surface area contributed by atoms with Gasteiger partial charge in [-0.2, -0.15) is 18.4 Å². The molecule has 0 atom stereocenters. The third-order valence-corrected chi connectivity index (χ3v) is 5.12. The number of aryl methyl sites for hydroxylation is 1. The second-order valence-electron chi connectivity index (χ2n) is 5.50. The van der Waals surface area contributed by atoms with Gasteiger partial charge in [0.15, 0.2) is 0 Å². The Kier molecular flexibility index (Phi) is 5.35. The van der Waals surface area contributed by atoms with Gasteiger partial charge in [-0.3, -0.25) is 4.98 Å². The lowest BCUT2D eigenvalue weighted by Crippen LogP contribution is -2.07. The summed E-state index contributed by atoms with van der Waals surface area (Å²) in [6.45, 7) is 2.02. The normalized spacial score (nSPS) is 11.3. The number of halogens is 4. The molecule has 0 unspecified atom stereocenters. The van der Waals surface area contributed by atoms with Crippen LogP contribution in [0.5, 0.6) is 5.75 Å². The van der Waals surface area contributed by atoms with E-state index in [1.165, 1.54) is 17.4 Å². The second kappa shape index (κ2) is 7.55. The Morgan fingerprint density at radius 1 is 1.26 bits per heavy atom. The maximum absolute atomic E-state index is 12.6. The van der Waals surface area contributed by atoms with Crippen LogP contribution in [0.2, 0.25) is 5.02 Å². The molecule has 3 aromatic rings. The van der Waals surface area contributed by atoms with Crippen LogP contribution in [0.15, 0.2) is 36.5 Å². The van der Waals surface area contributed by atoms with Crippen molar-refractivity contribution in [3.8, 4) is 22.4 Å². The van der Waals surface area contributed by atoms with Crippen LogP contribution in [-0.2, 0) is 12.8 Å². The molecule has 0 aliphatic heterocycles. The van der Waals surface area contributed by atoms with Crippen LogP contribution >= 0.6 is 22.9 Å². The fourth-order valence-electron chi connectivity index (χ4n) is 2.20. The van der Waals surface area contributed by atoms with Crippen molar-refractivity contribution in [2.75, 3.05) is 0 Å². The zero-order valence-electron chi connectivity index (χ0n) is 13.8. The maximum Gasteiger partial charge on any atom is 0.433 e. The molecule has 0 amide bonds. The van der Waals surface area contributed by atoms with Gasteiger partial charge >= 0.3 is 6.18 Å². The molecule has 0 saturated carbocycles. The molecule has 9 heteroatoms. The van der Waals surface area contributed by atoms with Crippen LogP contribution in [0.3, 0.4) is 0 Å². The first-order chi connectivity index (χ1) is 12.8. The molecule has 0 N–H and O–H groups in total. The topological polar surface area (TPSA) is 58.8 Å². The number of pyridine rings is 1. The Balaban J connectivity index is 1.75. The first kappa shape index (κ1) is 19.1. The Bertz CT molecular complexity index is 1010. The smallest absolute Gasteiger partial charge is 0.433 e. The van der Waals surface area contributed by atoms with E-state index in [1.807, 2.05) is 6.07 Å². The molecule has 27 heavy (non-hydrogen) atoms. The molecule has 0 aliphatic rings. The van der Waals surface area contributed by atoms with Gasteiger partial charge in [-0.1, -0.05) is 11.6 Å². The highest BCUT2D eigenvalue weighted by Crippen LogP contribution is 2.32. The van der Waals surface area contributed by atoms with Crippen molar-refractivity contribution >= 4 is 22.9 Å². The molecule has 0 spiro atoms. The molecule has 2 aromatic heterocycles. The minimum atomic E-state index is -4.47. The average Bonchev–Trinajstić information content (AvgIpc) is 3.00. The van der Waals surface area contributed by atoms with Crippen molar-refractivity contribution in [2.45, 2.75) is 19.7 Å². The average molecular weight is 410 g/mol. The molecule has 4 nitrogen and oxygen atoms in total. The lowest BCUT2D eigenvalue weighted by Gasteiger charge is -2.06. The highest BCUT2D eigenvalue weighted by Gasteiger charge is 2.32. The molecule has 1 aromatic carbocycles. The van der Waals surface area contributed by atoms with Gasteiger partial charge in [-0.15, -0.1) is 11.3 Å². The number of aromatic nitrogens is 2. The predicted molar refractivity (Wildman–Crippen MR) is 95.6 cm³/mol. The summed E-state index contributed by atoms with van der Waals surface area (Å²) in [7, 11) is 0. The van der Waals surface area contributed by atoms with Gasteiger partial charge in [0.25, 0.3) is 0 Å². The van der Waals surface area contributed by atoms with Gasteiger partial charge in [0.2, 0.25) is 0 Å². The third kappa shape index (κ3) is 4.38. The number of ether oxygens (including phenoxy) is 1. The lowest BCUT2D eigenvalue weighted by atomic mass is 10.2. The van der Waals surface area contributed by atoms with Gasteiger partial charge < -0.3 is 4.74 Å². The highest BCUT2D eigenvalue weighted by atomic mass is 35.5. The van der Waals surface area contributed by atoms with E-state index in [4.69, 9.17) is 21.6 Å². The van der Waals surface area contributed by atoms with Gasteiger partial charge in [0, 0.05) is 17.8 Å². The van der Waals surface area contributed by atoms with Crippen molar-refractivity contribution in [1.29, 1.82) is 5.26 Å². The molecular weight excluding hydrogens is 399 g/mol. The standard InChI is InChI=1S/C18H11ClF3N3OS/c1-10-15(9-26-13-4-2-11(7-23)14(19)6-13)27-17(25-10)12-3-5-16(24-8-12)18(20,21)22/h2-6,8H,9H2,1H3. The van der Waals surface area contributed by atoms with Crippen LogP contribution in [0.25, 0.3) is 10.6 Å². The van der Waals surface area contributed by atoms with Crippen molar-refractivity contribution in [1.82, 2.24) is 9.97 Å². The number of nitriles is 1. The maximum atomic E-state index is 12.6. The van der Waals surface area contributed by atoms with E-state index in [9.17, 15) is 13.2 Å². The summed E-state index contributed by atoms with van der Waals surface area (Å²) in [6.07, 6.45) is -3.31. The molecule has 2 heterocycles. The van der Waals surface area contributed by atoms with Crippen LogP contribution in [-0.4, -0.2) is 9.97 Å². The van der Waals surface area contributed by atoms with Crippen LogP contribution in [0, 0.1) is 18.3 Å². The van der Waals surface area contributed by atoms with E-state index in [2.05, 4.69) is 9.97 Å². The van der Waals surface area contributed by atoms with Gasteiger partial charge in [-0.25, -0.2) is 4.98 Å². The first-order valence-electron chi connectivity index (χ1n) is 7.60. The monoisotopic (exact) mass is 409 g/mol. The molecule has 0 fully saturated rings. The van der Waals surface area contributed by atoms with E-state index >= 15 is 0 Å². The van der Waals surface area contributed by atoms with Crippen LogP contribution in [0.4, 0.5) is 13.2 Å². The number of nitrogens with zero attached hydrogens (tertiary/aromatic N) is 3. The van der Waals surface area contributed by atoms with Crippen molar-refractivity contribution < 1.29 is 17.9 Å². The summed E-state index contributed by atoms with van der Waals surface area (Å²) in [6, 6.07) is 9.01. The van der Waals surface area contributed by atoms with E-state index < -0.39 is 11.9 Å². The zero-order chi connectivity index (χ0) is 19.6. The van der Waals surface area contributed by atoms with Gasteiger partial charge in [0.05, 0.1) is 21.2 Å². The predicted octanol–water partition coefficient (Wildman–Crippen LogP) is 5.64. The molecule has 3 rings (SSSR count). The summed E-state index contributed by atoms with van der Waals surface area (Å²) in [5, 5.41) is 9.74. The summed E-state index contributed by atoms with van der Waals surface area (Å²) in [5.41, 5.74) is 0.634. The third-order valence-electron chi connectivity index (χ3n) is 3.62. The van der Waals surface area contributed by atoms with E-state index in [-0.39, 0.29) is 6.61 Å². The summed E-state index contributed by atoms with van der Waals surface area (Å²) < 4.78 is 43.5. The number of benzene rings is 1. The lowest BCUT2D eigenvalue weighted by molar-refractivity contribution is -0.141. The molecule has 138 valence electrons. The number of thiazole rings is 1. The molecule has 0 saturated heterocycles. The highest BCUT2D eigenvalue weighted by molar-refractivity contribution is 7.15. The minimum absolute atomic E-state index is 0.222. The largest absolute Gasteiger partial charge is 0.488 e. The van der Waals surface area contributed by atoms with Gasteiger partial charge in [-0.05, 0) is 31.2 Å². The molecular formula is C18H11ClF3N3OS. The number of hydrogen-bond acceptors (Lipinski definition) is 5. The van der Waals surface area contributed by atoms with Crippen molar-refractivity contribution in [3.63, 3.8) is 0 Å². The Hall–Kier alpha value is -2.63. The van der Waals surface area contributed by atoms with Crippen LogP contribution in [0.1, 0.15) is 21.8 Å². The van der Waals surface area contributed by atoms with E-state index in [1.54, 1.807) is 25.1 Å². The summed E-state index contributed by atoms with van der Waals surface area (Å²) in [5.74, 6) is 0.504. The SMILES string of the molecule is Cc1nc(-c2ccc(C(F)(F)F)nc2)sc1COc1ccc(C#N)c(Cl)c1. The number of alkyl halides is 3. The van der Waals surface area contributed by atoms with Crippen molar-refractivity contribution in [2.24, 2.45) is 0 Å². The van der Waals surface area contributed by atoms with E-state index in [0.29, 0.717) is 26.9 Å². The molecule has 0 bridgehead atoms. The fourth-order valence-corrected chi connectivity index (χ4v) is 3.38.